The molecule has 2 nitrogen and oxygen atoms in total. The van der Waals surface area contributed by atoms with E-state index in [1.54, 1.807) is 4.68 Å². The van der Waals surface area contributed by atoms with E-state index in [9.17, 15) is 0 Å². The average Bonchev–Trinajstić information content (AvgIpc) is 2.53. The molecule has 1 radical (unpaired) electrons. The molecule has 0 N–H and O–H groups in total. The van der Waals surface area contributed by atoms with Crippen molar-refractivity contribution in [2.45, 2.75) is 0 Å². The number of rotatable bonds is 1. The minimum Gasteiger partial charge on any atom is -0.275 e. The molecule has 2 aromatic rings. The van der Waals surface area contributed by atoms with Gasteiger partial charge in [-0.3, -0.25) is 4.68 Å². The minimum atomic E-state index is 1.04. The molecule has 0 bridgehead atoms. The standard InChI is InChI=1S/C11H11N2/c1-9-5-3-4-6-11(9)10-7-12-13(2)8-10/h3-8H,1H2,2H3. The third kappa shape index (κ3) is 1.47. The molecule has 65 valence electrons. The number of hydrogen-bond acceptors (Lipinski definition) is 1. The highest BCUT2D eigenvalue weighted by atomic mass is 15.2. The van der Waals surface area contributed by atoms with Crippen LogP contribution in [0.4, 0.5) is 0 Å². The van der Waals surface area contributed by atoms with Gasteiger partial charge in [0.05, 0.1) is 6.20 Å². The predicted molar refractivity (Wildman–Crippen MR) is 53.1 cm³/mol. The summed E-state index contributed by atoms with van der Waals surface area (Å²) in [4.78, 5) is 0. The molecule has 2 rings (SSSR count). The van der Waals surface area contributed by atoms with Gasteiger partial charge in [-0.05, 0) is 18.1 Å². The van der Waals surface area contributed by atoms with Crippen molar-refractivity contribution in [2.24, 2.45) is 7.05 Å². The van der Waals surface area contributed by atoms with Crippen molar-refractivity contribution in [3.8, 4) is 11.1 Å². The van der Waals surface area contributed by atoms with E-state index in [4.69, 9.17) is 0 Å². The van der Waals surface area contributed by atoms with Gasteiger partial charge in [-0.1, -0.05) is 24.3 Å². The van der Waals surface area contributed by atoms with Gasteiger partial charge in [-0.25, -0.2) is 0 Å². The van der Waals surface area contributed by atoms with Gasteiger partial charge in [-0.2, -0.15) is 5.10 Å². The Morgan fingerprint density at radius 3 is 2.69 bits per heavy atom. The van der Waals surface area contributed by atoms with Crippen LogP contribution in [0.2, 0.25) is 0 Å². The van der Waals surface area contributed by atoms with E-state index in [2.05, 4.69) is 18.1 Å². The Labute approximate surface area is 77.8 Å². The molecule has 0 aliphatic carbocycles. The molecule has 1 aromatic carbocycles. The number of benzene rings is 1. The maximum absolute atomic E-state index is 4.12. The lowest BCUT2D eigenvalue weighted by Gasteiger charge is -2.00. The monoisotopic (exact) mass is 171 g/mol. The molecule has 2 heteroatoms. The zero-order chi connectivity index (χ0) is 9.26. The largest absolute Gasteiger partial charge is 0.275 e. The summed E-state index contributed by atoms with van der Waals surface area (Å²) in [7, 11) is 1.91. The van der Waals surface area contributed by atoms with Crippen molar-refractivity contribution < 1.29 is 0 Å². The maximum atomic E-state index is 4.12. The van der Waals surface area contributed by atoms with E-state index in [-0.39, 0.29) is 0 Å². The first-order chi connectivity index (χ1) is 6.27. The summed E-state index contributed by atoms with van der Waals surface area (Å²) in [6.45, 7) is 3.97. The third-order valence-corrected chi connectivity index (χ3v) is 2.03. The average molecular weight is 171 g/mol. The van der Waals surface area contributed by atoms with Crippen molar-refractivity contribution in [2.75, 3.05) is 0 Å². The van der Waals surface area contributed by atoms with Crippen molar-refractivity contribution in [3.63, 3.8) is 0 Å². The maximum Gasteiger partial charge on any atom is 0.0568 e. The Bertz CT molecular complexity index is 416. The number of nitrogens with zero attached hydrogens (tertiary/aromatic N) is 2. The van der Waals surface area contributed by atoms with E-state index in [0.29, 0.717) is 0 Å². The second-order valence-corrected chi connectivity index (χ2v) is 3.06. The highest BCUT2D eigenvalue weighted by molar-refractivity contribution is 5.66. The van der Waals surface area contributed by atoms with Crippen LogP contribution >= 0.6 is 0 Å². The van der Waals surface area contributed by atoms with Crippen molar-refractivity contribution >= 4 is 0 Å². The van der Waals surface area contributed by atoms with E-state index in [1.165, 1.54) is 0 Å². The van der Waals surface area contributed by atoms with Crippen LogP contribution in [-0.4, -0.2) is 9.78 Å². The highest BCUT2D eigenvalue weighted by Crippen LogP contribution is 2.21. The first-order valence-electron chi connectivity index (χ1n) is 4.17. The summed E-state index contributed by atoms with van der Waals surface area (Å²) < 4.78 is 1.79. The Kier molecular flexibility index (Phi) is 1.89. The fourth-order valence-corrected chi connectivity index (χ4v) is 1.36. The molecule has 1 heterocycles. The second-order valence-electron chi connectivity index (χ2n) is 3.06. The van der Waals surface area contributed by atoms with Crippen LogP contribution in [0.1, 0.15) is 5.56 Å². The van der Waals surface area contributed by atoms with Crippen molar-refractivity contribution in [1.82, 2.24) is 9.78 Å². The first-order valence-corrected chi connectivity index (χ1v) is 4.17. The molecule has 13 heavy (non-hydrogen) atoms. The zero-order valence-electron chi connectivity index (χ0n) is 7.57. The summed E-state index contributed by atoms with van der Waals surface area (Å²) >= 11 is 0. The topological polar surface area (TPSA) is 17.8 Å². The lowest BCUT2D eigenvalue weighted by Crippen LogP contribution is -1.84. The Balaban J connectivity index is 2.52. The lowest BCUT2D eigenvalue weighted by molar-refractivity contribution is 0.768. The molecule has 0 spiro atoms. The van der Waals surface area contributed by atoms with E-state index >= 15 is 0 Å². The molecule has 0 unspecified atom stereocenters. The molecule has 1 aromatic heterocycles. The summed E-state index contributed by atoms with van der Waals surface area (Å²) in [5.74, 6) is 0. The van der Waals surface area contributed by atoms with Gasteiger partial charge in [0.15, 0.2) is 0 Å². The van der Waals surface area contributed by atoms with Gasteiger partial charge in [-0.15, -0.1) is 0 Å². The van der Waals surface area contributed by atoms with Crippen molar-refractivity contribution in [3.05, 3.63) is 49.1 Å². The number of aromatic nitrogens is 2. The quantitative estimate of drug-likeness (QED) is 0.643. The Hall–Kier alpha value is -1.57. The summed E-state index contributed by atoms with van der Waals surface area (Å²) in [6.07, 6.45) is 3.84. The van der Waals surface area contributed by atoms with Crippen LogP contribution in [0.25, 0.3) is 11.1 Å². The van der Waals surface area contributed by atoms with Crippen LogP contribution in [0.15, 0.2) is 36.7 Å². The van der Waals surface area contributed by atoms with Gasteiger partial charge in [0.1, 0.15) is 0 Å². The Morgan fingerprint density at radius 1 is 1.31 bits per heavy atom. The van der Waals surface area contributed by atoms with Gasteiger partial charge in [0.25, 0.3) is 0 Å². The van der Waals surface area contributed by atoms with Crippen LogP contribution < -0.4 is 0 Å². The number of hydrogen-bond donors (Lipinski definition) is 0. The number of aryl methyl sites for hydroxylation is 1. The fraction of sp³-hybridized carbons (Fsp3) is 0.0909. The highest BCUT2D eigenvalue weighted by Gasteiger charge is 2.01. The first kappa shape index (κ1) is 8.05. The molecule has 0 atom stereocenters. The zero-order valence-corrected chi connectivity index (χ0v) is 7.57. The van der Waals surface area contributed by atoms with Crippen LogP contribution in [-0.2, 0) is 7.05 Å². The Morgan fingerprint density at radius 2 is 2.08 bits per heavy atom. The summed E-state index contributed by atoms with van der Waals surface area (Å²) in [5.41, 5.74) is 3.30. The molecular formula is C11H11N2. The summed E-state index contributed by atoms with van der Waals surface area (Å²) in [5, 5.41) is 4.12. The molecule has 0 amide bonds. The molecule has 0 saturated carbocycles. The van der Waals surface area contributed by atoms with E-state index in [0.717, 1.165) is 16.7 Å². The van der Waals surface area contributed by atoms with Gasteiger partial charge < -0.3 is 0 Å². The normalized spacial score (nSPS) is 10.3. The lowest BCUT2D eigenvalue weighted by atomic mass is 10.0. The smallest absolute Gasteiger partial charge is 0.0568 e. The molecule has 0 fully saturated rings. The molecule has 0 aliphatic heterocycles. The van der Waals surface area contributed by atoms with Gasteiger partial charge in [0.2, 0.25) is 0 Å². The van der Waals surface area contributed by atoms with E-state index in [1.807, 2.05) is 37.6 Å². The second kappa shape index (κ2) is 3.05. The fourth-order valence-electron chi connectivity index (χ4n) is 1.36. The van der Waals surface area contributed by atoms with Gasteiger partial charge >= 0.3 is 0 Å². The van der Waals surface area contributed by atoms with Gasteiger partial charge in [0, 0.05) is 18.8 Å². The van der Waals surface area contributed by atoms with Crippen LogP contribution in [0, 0.1) is 6.92 Å². The minimum absolute atomic E-state index is 1.04. The molecular weight excluding hydrogens is 160 g/mol. The molecule has 0 aliphatic rings. The summed E-state index contributed by atoms with van der Waals surface area (Å²) in [6, 6.07) is 8.06. The third-order valence-electron chi connectivity index (χ3n) is 2.03. The van der Waals surface area contributed by atoms with Crippen molar-refractivity contribution in [1.29, 1.82) is 0 Å². The van der Waals surface area contributed by atoms with Crippen LogP contribution in [0.3, 0.4) is 0 Å². The van der Waals surface area contributed by atoms with Crippen LogP contribution in [0.5, 0.6) is 0 Å². The molecule has 0 saturated heterocycles. The SMILES string of the molecule is [CH2]c1ccccc1-c1cnn(C)c1. The predicted octanol–water partition coefficient (Wildman–Crippen LogP) is 2.27. The van der Waals surface area contributed by atoms with E-state index < -0.39 is 0 Å².